The van der Waals surface area contributed by atoms with E-state index in [1.165, 1.54) is 12.1 Å². The maximum Gasteiger partial charge on any atom is 0.254 e. The van der Waals surface area contributed by atoms with Gasteiger partial charge in [-0.2, -0.15) is 0 Å². The zero-order valence-corrected chi connectivity index (χ0v) is 16.8. The van der Waals surface area contributed by atoms with Crippen molar-refractivity contribution in [3.63, 3.8) is 0 Å². The molecule has 0 atom stereocenters. The number of benzene rings is 1. The van der Waals surface area contributed by atoms with E-state index in [2.05, 4.69) is 28.6 Å². The van der Waals surface area contributed by atoms with Crippen LogP contribution in [0.2, 0.25) is 0 Å². The normalized spacial score (nSPS) is 14.2. The number of amides is 1. The molecule has 1 aromatic heterocycles. The molecule has 0 N–H and O–H groups in total. The lowest BCUT2D eigenvalue weighted by Gasteiger charge is -2.36. The third-order valence-electron chi connectivity index (χ3n) is 5.06. The molecule has 3 rings (SSSR count). The molecule has 1 fully saturated rings. The summed E-state index contributed by atoms with van der Waals surface area (Å²) in [4.78, 5) is 23.8. The molecule has 0 bridgehead atoms. The van der Waals surface area contributed by atoms with Crippen molar-refractivity contribution >= 4 is 17.4 Å². The number of hydrogen-bond donors (Lipinski definition) is 0. The molecule has 0 saturated carbocycles. The van der Waals surface area contributed by atoms with Crippen LogP contribution in [0.5, 0.6) is 0 Å². The summed E-state index contributed by atoms with van der Waals surface area (Å²) in [5.74, 6) is 0.695. The Hall–Kier alpha value is -2.63. The van der Waals surface area contributed by atoms with E-state index in [4.69, 9.17) is 0 Å². The summed E-state index contributed by atoms with van der Waals surface area (Å²) in [6, 6.07) is 10.2. The lowest BCUT2D eigenvalue weighted by Crippen LogP contribution is -2.48. The number of pyridine rings is 1. The molecule has 1 saturated heterocycles. The van der Waals surface area contributed by atoms with Crippen molar-refractivity contribution in [2.45, 2.75) is 26.7 Å². The third-order valence-corrected chi connectivity index (χ3v) is 5.06. The molecule has 1 aliphatic heterocycles. The van der Waals surface area contributed by atoms with Crippen LogP contribution in [0.15, 0.2) is 42.6 Å². The molecule has 0 unspecified atom stereocenters. The van der Waals surface area contributed by atoms with Crippen LogP contribution in [0, 0.1) is 5.82 Å². The molecular weight excluding hydrogens is 355 g/mol. The number of aromatic nitrogens is 1. The Kier molecular flexibility index (Phi) is 6.85. The highest BCUT2D eigenvalue weighted by Crippen LogP contribution is 2.19. The standard InChI is InChI=1S/C22H29FN4O/c1-3-11-26(12-4-2)21-17-18(9-10-24-21)22(28)27-15-13-25(14-16-27)20-7-5-19(23)6-8-20/h5-10,17H,3-4,11-16H2,1-2H3. The Morgan fingerprint density at radius 2 is 1.68 bits per heavy atom. The van der Waals surface area contributed by atoms with Crippen LogP contribution in [-0.2, 0) is 0 Å². The van der Waals surface area contributed by atoms with Gasteiger partial charge in [0.25, 0.3) is 5.91 Å². The van der Waals surface area contributed by atoms with E-state index in [1.807, 2.05) is 11.0 Å². The number of carbonyl (C=O) groups excluding carboxylic acids is 1. The first-order valence-corrected chi connectivity index (χ1v) is 10.1. The van der Waals surface area contributed by atoms with Crippen LogP contribution < -0.4 is 9.80 Å². The molecule has 1 aliphatic rings. The first kappa shape index (κ1) is 20.1. The Morgan fingerprint density at radius 1 is 1.04 bits per heavy atom. The molecule has 0 aliphatic carbocycles. The zero-order chi connectivity index (χ0) is 19.9. The second-order valence-corrected chi connectivity index (χ2v) is 7.15. The molecule has 28 heavy (non-hydrogen) atoms. The van der Waals surface area contributed by atoms with Gasteiger partial charge in [0.15, 0.2) is 0 Å². The predicted octanol–water partition coefficient (Wildman–Crippen LogP) is 3.81. The average Bonchev–Trinajstić information content (AvgIpc) is 2.74. The van der Waals surface area contributed by atoms with E-state index in [1.54, 1.807) is 24.4 Å². The summed E-state index contributed by atoms with van der Waals surface area (Å²) >= 11 is 0. The highest BCUT2D eigenvalue weighted by atomic mass is 19.1. The van der Waals surface area contributed by atoms with E-state index in [9.17, 15) is 9.18 Å². The van der Waals surface area contributed by atoms with Gasteiger partial charge < -0.3 is 14.7 Å². The summed E-state index contributed by atoms with van der Waals surface area (Å²) in [6.45, 7) is 8.98. The lowest BCUT2D eigenvalue weighted by molar-refractivity contribution is 0.0746. The minimum absolute atomic E-state index is 0.0513. The van der Waals surface area contributed by atoms with Gasteiger partial charge in [-0.15, -0.1) is 0 Å². The number of piperazine rings is 1. The molecule has 0 radical (unpaired) electrons. The van der Waals surface area contributed by atoms with Crippen LogP contribution in [0.3, 0.4) is 0 Å². The Labute approximate surface area is 166 Å². The monoisotopic (exact) mass is 384 g/mol. The van der Waals surface area contributed by atoms with Crippen molar-refractivity contribution in [1.29, 1.82) is 0 Å². The molecule has 2 heterocycles. The minimum atomic E-state index is -0.230. The van der Waals surface area contributed by atoms with Gasteiger partial charge in [-0.05, 0) is 49.2 Å². The van der Waals surface area contributed by atoms with E-state index in [0.29, 0.717) is 18.7 Å². The SMILES string of the molecule is CCCN(CCC)c1cc(C(=O)N2CCN(c3ccc(F)cc3)CC2)ccn1. The predicted molar refractivity (Wildman–Crippen MR) is 112 cm³/mol. The molecular formula is C22H29FN4O. The van der Waals surface area contributed by atoms with Crippen molar-refractivity contribution in [2.24, 2.45) is 0 Å². The fourth-order valence-electron chi connectivity index (χ4n) is 3.61. The molecule has 1 aromatic carbocycles. The highest BCUT2D eigenvalue weighted by molar-refractivity contribution is 5.95. The van der Waals surface area contributed by atoms with Crippen LogP contribution >= 0.6 is 0 Å². The fourth-order valence-corrected chi connectivity index (χ4v) is 3.61. The van der Waals surface area contributed by atoms with E-state index >= 15 is 0 Å². The zero-order valence-electron chi connectivity index (χ0n) is 16.8. The Bertz CT molecular complexity index is 766. The largest absolute Gasteiger partial charge is 0.368 e. The first-order valence-electron chi connectivity index (χ1n) is 10.1. The summed E-state index contributed by atoms with van der Waals surface area (Å²) in [5, 5.41) is 0. The maximum absolute atomic E-state index is 13.1. The second kappa shape index (κ2) is 9.53. The summed E-state index contributed by atoms with van der Waals surface area (Å²) in [7, 11) is 0. The lowest BCUT2D eigenvalue weighted by atomic mass is 10.2. The fraction of sp³-hybridized carbons (Fsp3) is 0.455. The maximum atomic E-state index is 13.1. The van der Waals surface area contributed by atoms with Gasteiger partial charge in [0.1, 0.15) is 11.6 Å². The molecule has 150 valence electrons. The van der Waals surface area contributed by atoms with Gasteiger partial charge in [0.05, 0.1) is 0 Å². The number of carbonyl (C=O) groups is 1. The highest BCUT2D eigenvalue weighted by Gasteiger charge is 2.23. The van der Waals surface area contributed by atoms with Gasteiger partial charge in [-0.25, -0.2) is 9.37 Å². The summed E-state index contributed by atoms with van der Waals surface area (Å²) in [6.07, 6.45) is 3.83. The third kappa shape index (κ3) is 4.80. The quantitative estimate of drug-likeness (QED) is 0.728. The van der Waals surface area contributed by atoms with Crippen molar-refractivity contribution in [2.75, 3.05) is 49.1 Å². The molecule has 0 spiro atoms. The Morgan fingerprint density at radius 3 is 2.29 bits per heavy atom. The van der Waals surface area contributed by atoms with Gasteiger partial charge >= 0.3 is 0 Å². The number of hydrogen-bond acceptors (Lipinski definition) is 4. The van der Waals surface area contributed by atoms with E-state index < -0.39 is 0 Å². The summed E-state index contributed by atoms with van der Waals surface area (Å²) in [5.41, 5.74) is 1.69. The molecule has 1 amide bonds. The molecule has 5 nitrogen and oxygen atoms in total. The number of anilines is 2. The number of rotatable bonds is 7. The second-order valence-electron chi connectivity index (χ2n) is 7.15. The van der Waals surface area contributed by atoms with Crippen LogP contribution in [0.1, 0.15) is 37.0 Å². The van der Waals surface area contributed by atoms with Crippen molar-refractivity contribution in [3.8, 4) is 0 Å². The van der Waals surface area contributed by atoms with Gasteiger partial charge in [-0.1, -0.05) is 13.8 Å². The van der Waals surface area contributed by atoms with E-state index in [0.717, 1.165) is 50.5 Å². The average molecular weight is 384 g/mol. The topological polar surface area (TPSA) is 39.7 Å². The van der Waals surface area contributed by atoms with Crippen molar-refractivity contribution in [1.82, 2.24) is 9.88 Å². The van der Waals surface area contributed by atoms with Crippen LogP contribution in [0.4, 0.5) is 15.9 Å². The van der Waals surface area contributed by atoms with Crippen LogP contribution in [0.25, 0.3) is 0 Å². The number of nitrogens with zero attached hydrogens (tertiary/aromatic N) is 4. The van der Waals surface area contributed by atoms with Gasteiger partial charge in [0.2, 0.25) is 0 Å². The van der Waals surface area contributed by atoms with Crippen molar-refractivity contribution in [3.05, 3.63) is 54.0 Å². The van der Waals surface area contributed by atoms with Crippen LogP contribution in [-0.4, -0.2) is 55.1 Å². The summed E-state index contributed by atoms with van der Waals surface area (Å²) < 4.78 is 13.1. The Balaban J connectivity index is 1.64. The molecule has 2 aromatic rings. The minimum Gasteiger partial charge on any atom is -0.368 e. The molecule has 6 heteroatoms. The van der Waals surface area contributed by atoms with Gasteiger partial charge in [0, 0.05) is 56.7 Å². The first-order chi connectivity index (χ1) is 13.6. The smallest absolute Gasteiger partial charge is 0.254 e. The van der Waals surface area contributed by atoms with Crippen molar-refractivity contribution < 1.29 is 9.18 Å². The van der Waals surface area contributed by atoms with E-state index in [-0.39, 0.29) is 11.7 Å². The van der Waals surface area contributed by atoms with Gasteiger partial charge in [-0.3, -0.25) is 4.79 Å². The number of halogens is 1.